The molecule has 2 aliphatic carbocycles. The Morgan fingerprint density at radius 3 is 2.92 bits per heavy atom. The van der Waals surface area contributed by atoms with E-state index in [1.807, 2.05) is 37.0 Å². The second-order valence-electron chi connectivity index (χ2n) is 7.48. The molecule has 5 heteroatoms. The number of nitriles is 1. The average molecular weight is 334 g/mol. The Balaban J connectivity index is 1.93. The molecule has 0 aromatic carbocycles. The third kappa shape index (κ3) is 2.17. The van der Waals surface area contributed by atoms with Gasteiger partial charge in [0.1, 0.15) is 0 Å². The summed E-state index contributed by atoms with van der Waals surface area (Å²) in [6.07, 6.45) is 6.84. The number of hydrogen-bond acceptors (Lipinski definition) is 4. The zero-order valence-corrected chi connectivity index (χ0v) is 14.8. The van der Waals surface area contributed by atoms with E-state index >= 15 is 0 Å². The molecule has 2 aromatic heterocycles. The van der Waals surface area contributed by atoms with Crippen molar-refractivity contribution in [3.8, 4) is 17.3 Å². The number of aromatic nitrogens is 3. The predicted molar refractivity (Wildman–Crippen MR) is 94.5 cm³/mol. The summed E-state index contributed by atoms with van der Waals surface area (Å²) in [5, 5.41) is 24.8. The molecule has 2 aromatic rings. The molecule has 4 rings (SSSR count). The summed E-state index contributed by atoms with van der Waals surface area (Å²) in [5.74, 6) is 0.324. The number of aliphatic hydroxyl groups is 1. The number of nitrogens with zero attached hydrogens (tertiary/aromatic N) is 4. The first kappa shape index (κ1) is 16.0. The quantitative estimate of drug-likeness (QED) is 0.870. The van der Waals surface area contributed by atoms with E-state index in [2.05, 4.69) is 24.0 Å². The maximum absolute atomic E-state index is 10.5. The molecule has 0 radical (unpaired) electrons. The van der Waals surface area contributed by atoms with E-state index in [0.29, 0.717) is 5.57 Å². The monoisotopic (exact) mass is 334 g/mol. The van der Waals surface area contributed by atoms with Crippen LogP contribution in [0.1, 0.15) is 31.5 Å². The van der Waals surface area contributed by atoms with Crippen LogP contribution in [0.5, 0.6) is 0 Å². The van der Waals surface area contributed by atoms with Gasteiger partial charge in [0.2, 0.25) is 0 Å². The number of hydrogen-bond donors (Lipinski definition) is 1. The van der Waals surface area contributed by atoms with Gasteiger partial charge >= 0.3 is 0 Å². The van der Waals surface area contributed by atoms with Gasteiger partial charge in [-0.1, -0.05) is 19.9 Å². The normalized spacial score (nSPS) is 30.8. The van der Waals surface area contributed by atoms with Crippen molar-refractivity contribution in [2.24, 2.45) is 18.9 Å². The molecule has 0 amide bonds. The van der Waals surface area contributed by atoms with Crippen LogP contribution in [0.2, 0.25) is 0 Å². The van der Waals surface area contributed by atoms with E-state index in [-0.39, 0.29) is 17.3 Å². The van der Waals surface area contributed by atoms with Gasteiger partial charge in [-0.15, -0.1) is 0 Å². The largest absolute Gasteiger partial charge is 0.387 e. The van der Waals surface area contributed by atoms with Crippen LogP contribution in [0, 0.1) is 23.2 Å². The van der Waals surface area contributed by atoms with Gasteiger partial charge in [-0.05, 0) is 36.8 Å². The summed E-state index contributed by atoms with van der Waals surface area (Å²) >= 11 is 0. The minimum Gasteiger partial charge on any atom is -0.387 e. The van der Waals surface area contributed by atoms with E-state index in [1.165, 1.54) is 5.56 Å². The maximum Gasteiger partial charge on any atom is 0.0971 e. The Morgan fingerprint density at radius 2 is 2.24 bits per heavy atom. The van der Waals surface area contributed by atoms with E-state index in [9.17, 15) is 10.4 Å². The average Bonchev–Trinajstić information content (AvgIpc) is 2.96. The lowest BCUT2D eigenvalue weighted by atomic mass is 9.57. The summed E-state index contributed by atoms with van der Waals surface area (Å²) in [5.41, 5.74) is 4.59. The van der Waals surface area contributed by atoms with Crippen molar-refractivity contribution in [3.63, 3.8) is 0 Å². The number of rotatable bonds is 1. The Labute approximate surface area is 147 Å². The van der Waals surface area contributed by atoms with E-state index in [1.54, 1.807) is 6.20 Å². The molecular weight excluding hydrogens is 312 g/mol. The standard InChI is InChI=1S/C20H22N4O/c1-12-16-7-6-15-17(13-5-4-8-22-11-13)24(3)23-19(15)20(16,2)9-14(10-21)18(12)25/h4-5,8-9,11-12,16,18,25H,6-7H2,1-3H3/t12-,16-,18?,20-/m0/s1. The fourth-order valence-corrected chi connectivity index (χ4v) is 4.87. The third-order valence-corrected chi connectivity index (χ3v) is 6.10. The van der Waals surface area contributed by atoms with Crippen LogP contribution in [-0.2, 0) is 18.9 Å². The van der Waals surface area contributed by atoms with Crippen molar-refractivity contribution in [1.82, 2.24) is 14.8 Å². The van der Waals surface area contributed by atoms with Gasteiger partial charge < -0.3 is 5.11 Å². The van der Waals surface area contributed by atoms with Crippen LogP contribution in [0.4, 0.5) is 0 Å². The number of fused-ring (bicyclic) bond motifs is 3. The minimum absolute atomic E-state index is 0.0432. The number of allylic oxidation sites excluding steroid dienone is 1. The fourth-order valence-electron chi connectivity index (χ4n) is 4.87. The lowest BCUT2D eigenvalue weighted by Gasteiger charge is -2.46. The van der Waals surface area contributed by atoms with Crippen LogP contribution in [0.15, 0.2) is 36.2 Å². The maximum atomic E-state index is 10.5. The van der Waals surface area contributed by atoms with Gasteiger partial charge in [-0.3, -0.25) is 9.67 Å². The summed E-state index contributed by atoms with van der Waals surface area (Å²) in [4.78, 5) is 4.25. The summed E-state index contributed by atoms with van der Waals surface area (Å²) in [6, 6.07) is 6.19. The molecule has 1 N–H and O–H groups in total. The molecule has 128 valence electrons. The Kier molecular flexibility index (Phi) is 3.55. The van der Waals surface area contributed by atoms with Gasteiger partial charge in [-0.2, -0.15) is 10.4 Å². The van der Waals surface area contributed by atoms with Crippen molar-refractivity contribution >= 4 is 0 Å². The van der Waals surface area contributed by atoms with E-state index in [0.717, 1.165) is 29.8 Å². The number of aryl methyl sites for hydroxylation is 1. The van der Waals surface area contributed by atoms with Crippen LogP contribution in [-0.4, -0.2) is 26.0 Å². The van der Waals surface area contributed by atoms with Crippen LogP contribution >= 0.6 is 0 Å². The van der Waals surface area contributed by atoms with Crippen molar-refractivity contribution in [3.05, 3.63) is 47.4 Å². The highest BCUT2D eigenvalue weighted by atomic mass is 16.3. The summed E-state index contributed by atoms with van der Waals surface area (Å²) in [7, 11) is 1.97. The second-order valence-corrected chi connectivity index (χ2v) is 7.48. The van der Waals surface area contributed by atoms with Crippen molar-refractivity contribution in [2.75, 3.05) is 0 Å². The zero-order chi connectivity index (χ0) is 17.8. The fraction of sp³-hybridized carbons (Fsp3) is 0.450. The second kappa shape index (κ2) is 5.53. The molecule has 0 fully saturated rings. The van der Waals surface area contributed by atoms with Crippen molar-refractivity contribution in [1.29, 1.82) is 5.26 Å². The van der Waals surface area contributed by atoms with Gasteiger partial charge in [0, 0.05) is 36.0 Å². The highest BCUT2D eigenvalue weighted by molar-refractivity contribution is 5.66. The van der Waals surface area contributed by atoms with Crippen LogP contribution < -0.4 is 0 Å². The van der Waals surface area contributed by atoms with E-state index in [4.69, 9.17) is 5.10 Å². The Morgan fingerprint density at radius 1 is 1.44 bits per heavy atom. The highest BCUT2D eigenvalue weighted by Crippen LogP contribution is 2.51. The first-order valence-electron chi connectivity index (χ1n) is 8.75. The zero-order valence-electron chi connectivity index (χ0n) is 14.8. The SMILES string of the molecule is C[C@@H]1C(O)C(C#N)=C[C@]2(C)c3nn(C)c(-c4cccnc4)c3CC[C@@H]12. The van der Waals surface area contributed by atoms with Gasteiger partial charge in [0.05, 0.1) is 29.1 Å². The third-order valence-electron chi connectivity index (χ3n) is 6.10. The number of aliphatic hydroxyl groups excluding tert-OH is 1. The van der Waals surface area contributed by atoms with Crippen LogP contribution in [0.3, 0.4) is 0 Å². The molecule has 1 unspecified atom stereocenters. The van der Waals surface area contributed by atoms with Gasteiger partial charge in [0.25, 0.3) is 0 Å². The molecular formula is C20H22N4O. The molecule has 0 saturated carbocycles. The molecule has 0 aliphatic heterocycles. The highest BCUT2D eigenvalue weighted by Gasteiger charge is 2.50. The number of pyridine rings is 1. The molecule has 0 bridgehead atoms. The van der Waals surface area contributed by atoms with Gasteiger partial charge in [0.15, 0.2) is 0 Å². The molecule has 2 aliphatic rings. The molecule has 0 saturated heterocycles. The van der Waals surface area contributed by atoms with E-state index < -0.39 is 6.10 Å². The minimum atomic E-state index is -0.675. The predicted octanol–water partition coefficient (Wildman–Crippen LogP) is 2.76. The Hall–Kier alpha value is -2.45. The summed E-state index contributed by atoms with van der Waals surface area (Å²) < 4.78 is 1.94. The topological polar surface area (TPSA) is 74.7 Å². The van der Waals surface area contributed by atoms with Crippen molar-refractivity contribution in [2.45, 2.75) is 38.2 Å². The lowest BCUT2D eigenvalue weighted by Crippen LogP contribution is -2.47. The molecule has 0 spiro atoms. The molecule has 5 nitrogen and oxygen atoms in total. The molecule has 4 atom stereocenters. The lowest BCUT2D eigenvalue weighted by molar-refractivity contribution is 0.0671. The first-order chi connectivity index (χ1) is 12.0. The van der Waals surface area contributed by atoms with Crippen molar-refractivity contribution < 1.29 is 5.11 Å². The molecule has 25 heavy (non-hydrogen) atoms. The first-order valence-corrected chi connectivity index (χ1v) is 8.75. The summed E-state index contributed by atoms with van der Waals surface area (Å²) in [6.45, 7) is 4.21. The van der Waals surface area contributed by atoms with Crippen LogP contribution in [0.25, 0.3) is 11.3 Å². The smallest absolute Gasteiger partial charge is 0.0971 e. The molecule has 2 heterocycles. The van der Waals surface area contributed by atoms with Gasteiger partial charge in [-0.25, -0.2) is 0 Å². The Bertz CT molecular complexity index is 892.